The van der Waals surface area contributed by atoms with Gasteiger partial charge in [0.25, 0.3) is 0 Å². The maximum atomic E-state index is 10.6. The van der Waals surface area contributed by atoms with E-state index in [1.807, 2.05) is 36.4 Å². The summed E-state index contributed by atoms with van der Waals surface area (Å²) in [6.07, 6.45) is 0. The Balaban J connectivity index is 1.49. The quantitative estimate of drug-likeness (QED) is 0.325. The second-order valence-corrected chi connectivity index (χ2v) is 7.38. The first-order chi connectivity index (χ1) is 16.2. The highest BCUT2D eigenvalue weighted by Crippen LogP contribution is 2.45. The van der Waals surface area contributed by atoms with E-state index in [9.17, 15) is 10.2 Å². The summed E-state index contributed by atoms with van der Waals surface area (Å²) in [5.41, 5.74) is 3.08. The van der Waals surface area contributed by atoms with Crippen LogP contribution in [-0.4, -0.2) is 20.2 Å². The second kappa shape index (κ2) is 7.42. The molecule has 0 saturated carbocycles. The number of rotatable bonds is 4. The summed E-state index contributed by atoms with van der Waals surface area (Å²) >= 11 is 0. The van der Waals surface area contributed by atoms with Crippen molar-refractivity contribution in [1.29, 1.82) is 0 Å². The molecule has 7 nitrogen and oxygen atoms in total. The van der Waals surface area contributed by atoms with Gasteiger partial charge in [-0.25, -0.2) is 9.97 Å². The molecule has 0 saturated heterocycles. The minimum absolute atomic E-state index is 0.0531. The average Bonchev–Trinajstić information content (AvgIpc) is 3.43. The largest absolute Gasteiger partial charge is 0.507 e. The van der Waals surface area contributed by atoms with E-state index in [4.69, 9.17) is 13.6 Å². The molecule has 0 aliphatic carbocycles. The van der Waals surface area contributed by atoms with Crippen molar-refractivity contribution >= 4 is 22.2 Å². The molecule has 2 heterocycles. The van der Waals surface area contributed by atoms with Crippen molar-refractivity contribution in [3.05, 3.63) is 84.9 Å². The van der Waals surface area contributed by atoms with Gasteiger partial charge in [0, 0.05) is 0 Å². The molecule has 33 heavy (non-hydrogen) atoms. The van der Waals surface area contributed by atoms with Gasteiger partial charge in [0.1, 0.15) is 45.2 Å². The summed E-state index contributed by atoms with van der Waals surface area (Å²) in [4.78, 5) is 8.97. The summed E-state index contributed by atoms with van der Waals surface area (Å²) in [6, 6.07) is 24.4. The van der Waals surface area contributed by atoms with Gasteiger partial charge in [0.2, 0.25) is 11.8 Å². The average molecular weight is 436 g/mol. The molecular weight excluding hydrogens is 420 g/mol. The molecule has 2 N–H and O–H groups in total. The van der Waals surface area contributed by atoms with Crippen molar-refractivity contribution in [3.63, 3.8) is 0 Å². The molecule has 160 valence electrons. The number of fused-ring (bicyclic) bond motifs is 2. The van der Waals surface area contributed by atoms with Crippen LogP contribution in [0, 0.1) is 0 Å². The van der Waals surface area contributed by atoms with Crippen LogP contribution < -0.4 is 4.74 Å². The predicted octanol–water partition coefficient (Wildman–Crippen LogP) is 6.51. The van der Waals surface area contributed by atoms with Gasteiger partial charge in [-0.3, -0.25) is 0 Å². The molecule has 0 aliphatic rings. The van der Waals surface area contributed by atoms with Crippen LogP contribution >= 0.6 is 0 Å². The first-order valence-electron chi connectivity index (χ1n) is 10.2. The minimum Gasteiger partial charge on any atom is -0.507 e. The van der Waals surface area contributed by atoms with Crippen molar-refractivity contribution in [2.45, 2.75) is 0 Å². The third kappa shape index (κ3) is 3.23. The Morgan fingerprint density at radius 2 is 1.00 bits per heavy atom. The van der Waals surface area contributed by atoms with E-state index in [2.05, 4.69) is 9.97 Å². The van der Waals surface area contributed by atoms with Gasteiger partial charge in [-0.1, -0.05) is 36.4 Å². The molecule has 0 aliphatic heterocycles. The topological polar surface area (TPSA) is 102 Å². The van der Waals surface area contributed by atoms with E-state index in [-0.39, 0.29) is 23.3 Å². The summed E-state index contributed by atoms with van der Waals surface area (Å²) in [7, 11) is 0. The lowest BCUT2D eigenvalue weighted by atomic mass is 10.1. The van der Waals surface area contributed by atoms with Gasteiger partial charge >= 0.3 is 0 Å². The number of ether oxygens (including phenoxy) is 1. The fourth-order valence-corrected chi connectivity index (χ4v) is 3.72. The zero-order valence-electron chi connectivity index (χ0n) is 17.1. The fourth-order valence-electron chi connectivity index (χ4n) is 3.72. The van der Waals surface area contributed by atoms with Crippen molar-refractivity contribution in [2.75, 3.05) is 0 Å². The highest BCUT2D eigenvalue weighted by Gasteiger charge is 2.22. The van der Waals surface area contributed by atoms with Gasteiger partial charge in [0.15, 0.2) is 11.2 Å². The number of benzene rings is 4. The van der Waals surface area contributed by atoms with E-state index in [1.54, 1.807) is 36.4 Å². The number of aromatic hydroxyl groups is 2. The maximum absolute atomic E-state index is 10.6. The lowest BCUT2D eigenvalue weighted by molar-refractivity contribution is 0.445. The first kappa shape index (κ1) is 18.9. The highest BCUT2D eigenvalue weighted by molar-refractivity contribution is 5.82. The van der Waals surface area contributed by atoms with Gasteiger partial charge in [-0.15, -0.1) is 0 Å². The lowest BCUT2D eigenvalue weighted by Crippen LogP contribution is -1.92. The van der Waals surface area contributed by atoms with Crippen LogP contribution in [0.2, 0.25) is 0 Å². The smallest absolute Gasteiger partial charge is 0.234 e. The minimum atomic E-state index is -0.0531. The number of hydrogen-bond acceptors (Lipinski definition) is 7. The molecule has 7 heteroatoms. The summed E-state index contributed by atoms with van der Waals surface area (Å²) in [5.74, 6) is 0.917. The molecule has 0 radical (unpaired) electrons. The Bertz CT molecular complexity index is 1450. The Labute approximate surface area is 187 Å². The standard InChI is InChI=1S/C26H16N2O5/c29-17-9-5-13-21(23(17)25-27-15-7-1-3-11-19(15)32-25)31-22-14-6-10-18(30)24(22)26-28-16-8-2-4-12-20(16)33-26/h1-14,29-30H. The van der Waals surface area contributed by atoms with Crippen molar-refractivity contribution in [2.24, 2.45) is 0 Å². The lowest BCUT2D eigenvalue weighted by Gasteiger charge is -2.13. The summed E-state index contributed by atoms with van der Waals surface area (Å²) < 4.78 is 17.9. The molecule has 2 aromatic heterocycles. The zero-order valence-corrected chi connectivity index (χ0v) is 17.1. The predicted molar refractivity (Wildman–Crippen MR) is 122 cm³/mol. The number of para-hydroxylation sites is 4. The van der Waals surface area contributed by atoms with E-state index < -0.39 is 0 Å². The van der Waals surface area contributed by atoms with Crippen LogP contribution in [0.4, 0.5) is 0 Å². The van der Waals surface area contributed by atoms with E-state index >= 15 is 0 Å². The number of phenolic OH excluding ortho intramolecular Hbond substituents is 2. The number of nitrogens with zero attached hydrogens (tertiary/aromatic N) is 2. The summed E-state index contributed by atoms with van der Waals surface area (Å²) in [5, 5.41) is 21.2. The maximum Gasteiger partial charge on any atom is 0.234 e. The van der Waals surface area contributed by atoms with Crippen molar-refractivity contribution in [3.8, 4) is 45.9 Å². The molecule has 4 aromatic carbocycles. The first-order valence-corrected chi connectivity index (χ1v) is 10.2. The number of phenols is 2. The van der Waals surface area contributed by atoms with Crippen LogP contribution in [0.3, 0.4) is 0 Å². The summed E-state index contributed by atoms with van der Waals surface area (Å²) in [6.45, 7) is 0. The Kier molecular flexibility index (Phi) is 4.26. The molecule has 0 amide bonds. The molecule has 0 fully saturated rings. The fraction of sp³-hybridized carbons (Fsp3) is 0. The van der Waals surface area contributed by atoms with Crippen LogP contribution in [0.15, 0.2) is 93.8 Å². The molecule has 0 bridgehead atoms. The normalized spacial score (nSPS) is 11.3. The number of oxazole rings is 2. The van der Waals surface area contributed by atoms with E-state index in [0.717, 1.165) is 0 Å². The SMILES string of the molecule is Oc1cccc(Oc2cccc(O)c2-c2nc3ccccc3o2)c1-c1nc2ccccc2o1. The van der Waals surface area contributed by atoms with Crippen LogP contribution in [-0.2, 0) is 0 Å². The van der Waals surface area contributed by atoms with E-state index in [0.29, 0.717) is 44.8 Å². The van der Waals surface area contributed by atoms with Gasteiger partial charge in [0.05, 0.1) is 0 Å². The molecule has 0 unspecified atom stereocenters. The Morgan fingerprint density at radius 3 is 1.45 bits per heavy atom. The zero-order chi connectivity index (χ0) is 22.4. The van der Waals surface area contributed by atoms with Crippen LogP contribution in [0.5, 0.6) is 23.0 Å². The van der Waals surface area contributed by atoms with Crippen LogP contribution in [0.1, 0.15) is 0 Å². The van der Waals surface area contributed by atoms with Crippen molar-refractivity contribution < 1.29 is 23.8 Å². The van der Waals surface area contributed by atoms with Crippen molar-refractivity contribution in [1.82, 2.24) is 9.97 Å². The Morgan fingerprint density at radius 1 is 0.545 bits per heavy atom. The molecule has 0 atom stereocenters. The molecule has 0 spiro atoms. The third-order valence-corrected chi connectivity index (χ3v) is 5.24. The second-order valence-electron chi connectivity index (χ2n) is 7.38. The molecule has 6 aromatic rings. The Hall–Kier alpha value is -4.78. The van der Waals surface area contributed by atoms with Gasteiger partial charge in [-0.05, 0) is 48.5 Å². The number of aromatic nitrogens is 2. The third-order valence-electron chi connectivity index (χ3n) is 5.24. The monoisotopic (exact) mass is 436 g/mol. The highest BCUT2D eigenvalue weighted by atomic mass is 16.5. The molecule has 6 rings (SSSR count). The number of hydrogen-bond donors (Lipinski definition) is 2. The van der Waals surface area contributed by atoms with Crippen LogP contribution in [0.25, 0.3) is 45.1 Å². The van der Waals surface area contributed by atoms with E-state index in [1.165, 1.54) is 12.1 Å². The van der Waals surface area contributed by atoms with Gasteiger partial charge < -0.3 is 23.8 Å². The molecular formula is C26H16N2O5. The van der Waals surface area contributed by atoms with Gasteiger partial charge in [-0.2, -0.15) is 0 Å².